The Morgan fingerprint density at radius 2 is 1.59 bits per heavy atom. The van der Waals surface area contributed by atoms with Gasteiger partial charge in [-0.3, -0.25) is 4.79 Å². The number of rotatable bonds is 6. The van der Waals surface area contributed by atoms with Crippen LogP contribution in [-0.2, 0) is 11.3 Å². The Hall–Kier alpha value is -2.49. The molecule has 0 aliphatic heterocycles. The van der Waals surface area contributed by atoms with E-state index in [4.69, 9.17) is 9.47 Å². The number of aryl methyl sites for hydroxylation is 1. The summed E-state index contributed by atoms with van der Waals surface area (Å²) >= 11 is 0. The number of amides is 1. The maximum atomic E-state index is 12.1. The first-order valence-electron chi connectivity index (χ1n) is 7.15. The minimum absolute atomic E-state index is 0.0225. The zero-order valence-corrected chi connectivity index (χ0v) is 13.2. The normalized spacial score (nSPS) is 10.1. The zero-order chi connectivity index (χ0) is 15.9. The van der Waals surface area contributed by atoms with E-state index in [1.807, 2.05) is 31.2 Å². The molecule has 0 saturated heterocycles. The molecule has 0 radical (unpaired) electrons. The average molecular weight is 299 g/mol. The molecule has 0 bridgehead atoms. The van der Waals surface area contributed by atoms with Crippen molar-refractivity contribution >= 4 is 5.91 Å². The molecule has 0 unspecified atom stereocenters. The largest absolute Gasteiger partial charge is 0.497 e. The number of nitrogens with zero attached hydrogens (tertiary/aromatic N) is 1. The van der Waals surface area contributed by atoms with Crippen LogP contribution < -0.4 is 9.47 Å². The number of benzene rings is 2. The summed E-state index contributed by atoms with van der Waals surface area (Å²) in [5.74, 6) is 1.35. The van der Waals surface area contributed by atoms with Crippen LogP contribution in [0, 0.1) is 6.92 Å². The molecule has 0 spiro atoms. The van der Waals surface area contributed by atoms with Crippen molar-refractivity contribution < 1.29 is 14.3 Å². The van der Waals surface area contributed by atoms with Gasteiger partial charge in [0.2, 0.25) is 0 Å². The second-order valence-electron chi connectivity index (χ2n) is 5.20. The fourth-order valence-electron chi connectivity index (χ4n) is 1.98. The van der Waals surface area contributed by atoms with Gasteiger partial charge in [-0.25, -0.2) is 0 Å². The molecule has 0 fully saturated rings. The molecule has 116 valence electrons. The van der Waals surface area contributed by atoms with Crippen LogP contribution in [0.3, 0.4) is 0 Å². The third kappa shape index (κ3) is 4.52. The van der Waals surface area contributed by atoms with Crippen LogP contribution in [0.5, 0.6) is 11.5 Å². The summed E-state index contributed by atoms with van der Waals surface area (Å²) in [5, 5.41) is 0. The Kier molecular flexibility index (Phi) is 5.42. The monoisotopic (exact) mass is 299 g/mol. The zero-order valence-electron chi connectivity index (χ0n) is 13.2. The van der Waals surface area contributed by atoms with Gasteiger partial charge in [-0.15, -0.1) is 0 Å². The van der Waals surface area contributed by atoms with Crippen LogP contribution >= 0.6 is 0 Å². The standard InChI is InChI=1S/C18H21NO3/c1-14-4-6-15(7-5-14)12-19(2)18(20)13-22-17-10-8-16(21-3)9-11-17/h4-11H,12-13H2,1-3H3. The predicted octanol–water partition coefficient (Wildman–Crippen LogP) is 3.04. The smallest absolute Gasteiger partial charge is 0.260 e. The van der Waals surface area contributed by atoms with E-state index in [0.717, 1.165) is 11.3 Å². The summed E-state index contributed by atoms with van der Waals surface area (Å²) in [5.41, 5.74) is 2.31. The molecule has 0 heterocycles. The van der Waals surface area contributed by atoms with Crippen molar-refractivity contribution in [3.63, 3.8) is 0 Å². The second kappa shape index (κ2) is 7.50. The third-order valence-corrected chi connectivity index (χ3v) is 3.39. The fourth-order valence-corrected chi connectivity index (χ4v) is 1.98. The molecule has 0 aliphatic rings. The Morgan fingerprint density at radius 3 is 2.18 bits per heavy atom. The molecule has 4 heteroatoms. The van der Waals surface area contributed by atoms with Gasteiger partial charge < -0.3 is 14.4 Å². The second-order valence-corrected chi connectivity index (χ2v) is 5.20. The maximum Gasteiger partial charge on any atom is 0.260 e. The number of hydrogen-bond donors (Lipinski definition) is 0. The van der Waals surface area contributed by atoms with Crippen LogP contribution in [0.4, 0.5) is 0 Å². The lowest BCUT2D eigenvalue weighted by Gasteiger charge is -2.17. The molecule has 2 rings (SSSR count). The van der Waals surface area contributed by atoms with Gasteiger partial charge >= 0.3 is 0 Å². The molecule has 0 aromatic heterocycles. The molecule has 0 aliphatic carbocycles. The SMILES string of the molecule is COc1ccc(OCC(=O)N(C)Cc2ccc(C)cc2)cc1. The van der Waals surface area contributed by atoms with E-state index in [0.29, 0.717) is 12.3 Å². The van der Waals surface area contributed by atoms with Crippen LogP contribution in [0.15, 0.2) is 48.5 Å². The van der Waals surface area contributed by atoms with Gasteiger partial charge in [-0.2, -0.15) is 0 Å². The lowest BCUT2D eigenvalue weighted by Crippen LogP contribution is -2.30. The van der Waals surface area contributed by atoms with E-state index in [2.05, 4.69) is 0 Å². The summed E-state index contributed by atoms with van der Waals surface area (Å²) in [6.45, 7) is 2.64. The van der Waals surface area contributed by atoms with Gasteiger partial charge in [-0.1, -0.05) is 29.8 Å². The van der Waals surface area contributed by atoms with E-state index in [9.17, 15) is 4.79 Å². The van der Waals surface area contributed by atoms with Crippen LogP contribution in [0.25, 0.3) is 0 Å². The van der Waals surface area contributed by atoms with E-state index in [-0.39, 0.29) is 12.5 Å². The minimum atomic E-state index is -0.0589. The first-order valence-corrected chi connectivity index (χ1v) is 7.15. The van der Waals surface area contributed by atoms with Gasteiger partial charge in [0.1, 0.15) is 11.5 Å². The topological polar surface area (TPSA) is 38.8 Å². The molecular weight excluding hydrogens is 278 g/mol. The van der Waals surface area contributed by atoms with Crippen molar-refractivity contribution in [1.82, 2.24) is 4.90 Å². The Balaban J connectivity index is 1.84. The molecule has 0 saturated carbocycles. The number of ether oxygens (including phenoxy) is 2. The number of methoxy groups -OCH3 is 1. The van der Waals surface area contributed by atoms with E-state index >= 15 is 0 Å². The molecule has 0 N–H and O–H groups in total. The van der Waals surface area contributed by atoms with Crippen molar-refractivity contribution in [2.75, 3.05) is 20.8 Å². The maximum absolute atomic E-state index is 12.1. The number of carbonyl (C=O) groups is 1. The lowest BCUT2D eigenvalue weighted by molar-refractivity contribution is -0.132. The lowest BCUT2D eigenvalue weighted by atomic mass is 10.1. The molecule has 2 aromatic carbocycles. The van der Waals surface area contributed by atoms with E-state index in [1.165, 1.54) is 5.56 Å². The molecule has 4 nitrogen and oxygen atoms in total. The predicted molar refractivity (Wildman–Crippen MR) is 86.1 cm³/mol. The highest BCUT2D eigenvalue weighted by Gasteiger charge is 2.10. The fraction of sp³-hybridized carbons (Fsp3) is 0.278. The Labute approximate surface area is 131 Å². The first-order chi connectivity index (χ1) is 10.6. The van der Waals surface area contributed by atoms with Gasteiger partial charge in [0.25, 0.3) is 5.91 Å². The first kappa shape index (κ1) is 15.9. The van der Waals surface area contributed by atoms with Crippen LogP contribution in [0.1, 0.15) is 11.1 Å². The molecular formula is C18H21NO3. The van der Waals surface area contributed by atoms with Crippen molar-refractivity contribution in [3.05, 3.63) is 59.7 Å². The van der Waals surface area contributed by atoms with Gasteiger partial charge in [0, 0.05) is 13.6 Å². The number of carbonyl (C=O) groups excluding carboxylic acids is 1. The highest BCUT2D eigenvalue weighted by atomic mass is 16.5. The van der Waals surface area contributed by atoms with Gasteiger partial charge in [0.15, 0.2) is 6.61 Å². The summed E-state index contributed by atoms with van der Waals surface area (Å²) in [7, 11) is 3.39. The van der Waals surface area contributed by atoms with Crippen LogP contribution in [-0.4, -0.2) is 31.6 Å². The van der Waals surface area contributed by atoms with E-state index < -0.39 is 0 Å². The summed E-state index contributed by atoms with van der Waals surface area (Å²) in [4.78, 5) is 13.7. The van der Waals surface area contributed by atoms with Gasteiger partial charge in [-0.05, 0) is 36.8 Å². The van der Waals surface area contributed by atoms with Crippen molar-refractivity contribution in [1.29, 1.82) is 0 Å². The number of likely N-dealkylation sites (N-methyl/N-ethyl adjacent to an activating group) is 1. The van der Waals surface area contributed by atoms with Crippen molar-refractivity contribution in [3.8, 4) is 11.5 Å². The van der Waals surface area contributed by atoms with E-state index in [1.54, 1.807) is 43.3 Å². The third-order valence-electron chi connectivity index (χ3n) is 3.39. The minimum Gasteiger partial charge on any atom is -0.497 e. The summed E-state index contributed by atoms with van der Waals surface area (Å²) < 4.78 is 10.6. The summed E-state index contributed by atoms with van der Waals surface area (Å²) in [6, 6.07) is 15.3. The molecule has 0 atom stereocenters. The Morgan fingerprint density at radius 1 is 1.00 bits per heavy atom. The quantitative estimate of drug-likeness (QED) is 0.823. The van der Waals surface area contributed by atoms with Crippen molar-refractivity contribution in [2.24, 2.45) is 0 Å². The Bertz CT molecular complexity index is 605. The van der Waals surface area contributed by atoms with Crippen LogP contribution in [0.2, 0.25) is 0 Å². The van der Waals surface area contributed by atoms with Crippen molar-refractivity contribution in [2.45, 2.75) is 13.5 Å². The molecule has 2 aromatic rings. The number of hydrogen-bond acceptors (Lipinski definition) is 3. The van der Waals surface area contributed by atoms with Gasteiger partial charge in [0.05, 0.1) is 7.11 Å². The molecule has 22 heavy (non-hydrogen) atoms. The average Bonchev–Trinajstić information content (AvgIpc) is 2.55. The summed E-state index contributed by atoms with van der Waals surface area (Å²) in [6.07, 6.45) is 0. The highest BCUT2D eigenvalue weighted by Crippen LogP contribution is 2.17. The molecule has 1 amide bonds. The highest BCUT2D eigenvalue weighted by molar-refractivity contribution is 5.77.